The summed E-state index contributed by atoms with van der Waals surface area (Å²) in [6.45, 7) is 4.57. The minimum absolute atomic E-state index is 0. The van der Waals surface area contributed by atoms with Gasteiger partial charge in [-0.15, -0.1) is 0 Å². The SMILES string of the molecule is C.C.C.C.C.C.C1=CC2CCC(C/C=C/CCC3CCC4C=CC=CC43)C2C=C1.C1=CC2CCC(C/C=C/CCC3CCC4C=CC=CC43)C2C=C1.C1=CC2CCCC2C=C1.C1=CC2CCCC2C=C1.CCCCC1CCCC1.CCCCC1CCCC1.[CH3-].[CH3-].[CH3-].[CH3-].[CH3-].[CH3-].[CH3-].[CH3-].[Cl][Zr+2][Cl].[Cl][Zr+2][Cl].[Cl][Zr+2][Cl].[Cl][Zr+2][Cl]. The third-order valence-electron chi connectivity index (χ3n) is 23.3. The molecule has 14 aliphatic rings. The third kappa shape index (κ3) is 52.3. The fourth-order valence-corrected chi connectivity index (χ4v) is 18.3. The van der Waals surface area contributed by atoms with E-state index in [0.717, 1.165) is 107 Å². The van der Waals surface area contributed by atoms with Crippen molar-refractivity contribution in [3.8, 4) is 0 Å². The summed E-state index contributed by atoms with van der Waals surface area (Å²) in [5.41, 5.74) is 0. The van der Waals surface area contributed by atoms with Crippen LogP contribution in [0.4, 0.5) is 0 Å². The van der Waals surface area contributed by atoms with E-state index in [1.807, 2.05) is 0 Å². The average molecular weight is 1970 g/mol. The van der Waals surface area contributed by atoms with Crippen molar-refractivity contribution in [3.63, 3.8) is 0 Å². The molecule has 8 saturated carbocycles. The van der Waals surface area contributed by atoms with Gasteiger partial charge in [-0.2, -0.15) is 0 Å². The Hall–Kier alpha value is 2.21. The van der Waals surface area contributed by atoms with Gasteiger partial charge in [0.2, 0.25) is 0 Å². The van der Waals surface area contributed by atoms with Crippen LogP contribution in [0.15, 0.2) is 170 Å². The Morgan fingerprint density at radius 2 is 0.463 bits per heavy atom. The van der Waals surface area contributed by atoms with Crippen molar-refractivity contribution in [3.05, 3.63) is 230 Å². The molecule has 14 aliphatic carbocycles. The van der Waals surface area contributed by atoms with Gasteiger partial charge in [-0.1, -0.05) is 331 Å². The van der Waals surface area contributed by atoms with E-state index in [1.54, 1.807) is 0 Å². The average Bonchev–Trinajstić information content (AvgIpc) is 1.72. The monoisotopic (exact) mass is 1960 g/mol. The topological polar surface area (TPSA) is 0 Å². The van der Waals surface area contributed by atoms with Gasteiger partial charge >= 0.3 is 151 Å². The first-order valence-corrected chi connectivity index (χ1v) is 62.9. The summed E-state index contributed by atoms with van der Waals surface area (Å²) in [6.07, 6.45) is 114. The Morgan fingerprint density at radius 1 is 0.250 bits per heavy atom. The van der Waals surface area contributed by atoms with E-state index in [9.17, 15) is 0 Å². The molecule has 12 heteroatoms. The molecule has 16 atom stereocenters. The zero-order valence-electron chi connectivity index (χ0n) is 65.6. The first kappa shape index (κ1) is 131. The van der Waals surface area contributed by atoms with E-state index in [0.29, 0.717) is 0 Å². The number of fused-ring (bicyclic) bond motifs is 6. The van der Waals surface area contributed by atoms with E-state index in [2.05, 4.69) is 184 Å². The number of allylic oxidation sites excluding steroid dienone is 28. The van der Waals surface area contributed by atoms with Crippen LogP contribution in [0.3, 0.4) is 0 Å². The molecule has 16 unspecified atom stereocenters. The summed E-state index contributed by atoms with van der Waals surface area (Å²) >= 11 is -3.30. The van der Waals surface area contributed by atoms with Crippen LogP contribution in [0.25, 0.3) is 0 Å². The normalized spacial score (nSPS) is 27.8. The van der Waals surface area contributed by atoms with E-state index in [1.165, 1.54) is 218 Å². The molecule has 8 fully saturated rings. The zero-order valence-corrected chi connectivity index (χ0v) is 81.5. The first-order valence-electron chi connectivity index (χ1n) is 37.5. The standard InChI is InChI=1S/2C23H30.2C9H12.2C9H18.6CH4.8CH3.8ClH.4Zr/c2*1(2-8-18-14-16-20-10-4-6-12-22(18)20)3-9-19-15-17-21-11-5-7-13-23(19)21;2*1-2-5-9-7-3-6-8(9)4-1;2*1-2-3-6-9-7-4-5-8-9;;;;;;;;;;;;;;;;;;;;;;;;;;/h2*1-2,4-7,10-13,18-23H,3,8-9,14-17H2;2*1-2,4-5,8-9H,3,6-7H2;2*9H,2-8H2,1H3;6*1H4;8*1H3;8*1H;;;;/q;;;;;;;;;;;;8*-1;;;;;;;;;4*+4/p-8/b2*2-1+;;;;;;;;;;;;;;;;;;;;;;;;;;;;;;. The van der Waals surface area contributed by atoms with Gasteiger partial charge in [-0.25, -0.2) is 0 Å². The molecule has 624 valence electrons. The predicted molar refractivity (Wildman–Crippen MR) is 498 cm³/mol. The quantitative estimate of drug-likeness (QED) is 0.107. The minimum atomic E-state index is -0.826. The van der Waals surface area contributed by atoms with Crippen molar-refractivity contribution < 1.29 is 83.4 Å². The second-order valence-corrected chi connectivity index (χ2v) is 43.8. The van der Waals surface area contributed by atoms with Crippen LogP contribution in [0, 0.1) is 166 Å². The van der Waals surface area contributed by atoms with E-state index in [-0.39, 0.29) is 104 Å². The second-order valence-electron chi connectivity index (χ2n) is 28.9. The molecule has 0 N–H and O–H groups in total. The van der Waals surface area contributed by atoms with Gasteiger partial charge in [0.1, 0.15) is 0 Å². The van der Waals surface area contributed by atoms with Crippen LogP contribution in [0.2, 0.25) is 0 Å². The maximum atomic E-state index is 4.93. The fraction of sp³-hybridized carbons (Fsp3) is 0.625. The van der Waals surface area contributed by atoms with Crippen molar-refractivity contribution >= 4 is 68.1 Å². The van der Waals surface area contributed by atoms with E-state index >= 15 is 0 Å². The van der Waals surface area contributed by atoms with Gasteiger partial charge in [-0.05, 0) is 222 Å². The summed E-state index contributed by atoms with van der Waals surface area (Å²) in [5, 5.41) is 0. The molecule has 0 radical (unpaired) electrons. The van der Waals surface area contributed by atoms with Crippen LogP contribution >= 0.6 is 68.1 Å². The number of rotatable bonds is 16. The number of halogens is 8. The Balaban J connectivity index is -0.000000131. The Labute approximate surface area is 754 Å². The molecular formula is C96H168Cl8Zr4. The van der Waals surface area contributed by atoms with Crippen LogP contribution in [-0.4, -0.2) is 0 Å². The predicted octanol–water partition coefficient (Wildman–Crippen LogP) is 37.2. The number of hydrogen-bond acceptors (Lipinski definition) is 0. The molecule has 0 spiro atoms. The molecule has 14 rings (SSSR count). The Bertz CT molecular complexity index is 2170. The number of hydrogen-bond donors (Lipinski definition) is 0. The zero-order chi connectivity index (χ0) is 67.1. The van der Waals surface area contributed by atoms with Crippen LogP contribution in [0.5, 0.6) is 0 Å². The van der Waals surface area contributed by atoms with Gasteiger partial charge in [0, 0.05) is 0 Å². The summed E-state index contributed by atoms with van der Waals surface area (Å²) in [7, 11) is 39.5. The fourth-order valence-electron chi connectivity index (χ4n) is 18.3. The van der Waals surface area contributed by atoms with Crippen molar-refractivity contribution in [2.24, 2.45) is 107 Å². The molecule has 0 aliphatic heterocycles. The van der Waals surface area contributed by atoms with Gasteiger partial charge in [0.25, 0.3) is 0 Å². The molecule has 0 nitrogen and oxygen atoms in total. The van der Waals surface area contributed by atoms with Gasteiger partial charge in [0.15, 0.2) is 0 Å². The van der Waals surface area contributed by atoms with Crippen LogP contribution in [-0.2, 0) is 83.4 Å². The van der Waals surface area contributed by atoms with Crippen molar-refractivity contribution in [2.75, 3.05) is 0 Å². The van der Waals surface area contributed by atoms with Gasteiger partial charge < -0.3 is 59.4 Å². The van der Waals surface area contributed by atoms with Crippen molar-refractivity contribution in [1.82, 2.24) is 0 Å². The Morgan fingerprint density at radius 3 is 0.704 bits per heavy atom. The second kappa shape index (κ2) is 85.6. The molecular weight excluding hydrogens is 1800 g/mol. The van der Waals surface area contributed by atoms with Crippen molar-refractivity contribution in [1.29, 1.82) is 0 Å². The molecule has 0 saturated heterocycles. The van der Waals surface area contributed by atoms with Crippen molar-refractivity contribution in [2.45, 2.75) is 277 Å². The molecule has 0 heterocycles. The molecule has 0 aromatic carbocycles. The molecule has 0 amide bonds. The maximum absolute atomic E-state index is 4.93. The molecule has 108 heavy (non-hydrogen) atoms. The van der Waals surface area contributed by atoms with E-state index in [4.69, 9.17) is 68.1 Å². The summed E-state index contributed by atoms with van der Waals surface area (Å²) in [6, 6.07) is 0. The van der Waals surface area contributed by atoms with Crippen LogP contribution < -0.4 is 0 Å². The van der Waals surface area contributed by atoms with E-state index < -0.39 is 83.4 Å². The van der Waals surface area contributed by atoms with Gasteiger partial charge in [0.05, 0.1) is 0 Å². The molecule has 0 bridgehead atoms. The summed E-state index contributed by atoms with van der Waals surface area (Å²) in [4.78, 5) is 0. The first-order chi connectivity index (χ1) is 46.3. The number of unbranched alkanes of at least 4 members (excludes halogenated alkanes) is 2. The van der Waals surface area contributed by atoms with Gasteiger partial charge in [-0.3, -0.25) is 0 Å². The molecule has 0 aromatic rings. The van der Waals surface area contributed by atoms with Crippen LogP contribution in [0.1, 0.15) is 277 Å². The Kier molecular flexibility index (Phi) is 104. The summed E-state index contributed by atoms with van der Waals surface area (Å²) in [5.74, 6) is 16.1. The molecule has 0 aromatic heterocycles. The summed E-state index contributed by atoms with van der Waals surface area (Å²) < 4.78 is 0. The third-order valence-corrected chi connectivity index (χ3v) is 23.3.